The van der Waals surface area contributed by atoms with Crippen molar-refractivity contribution in [2.45, 2.75) is 50.5 Å². The SMILES string of the molecule is O=C(c1ccc(N2CCCC2)nn1)N1CCC(O)(C2CCC2)CC1. The molecule has 4 rings (SSSR count). The zero-order chi connectivity index (χ0) is 16.6. The zero-order valence-corrected chi connectivity index (χ0v) is 14.2. The molecule has 6 nitrogen and oxygen atoms in total. The third-order valence-electron chi connectivity index (χ3n) is 6.08. The van der Waals surface area contributed by atoms with Gasteiger partial charge >= 0.3 is 0 Å². The predicted molar refractivity (Wildman–Crippen MR) is 90.9 cm³/mol. The van der Waals surface area contributed by atoms with E-state index in [9.17, 15) is 9.90 Å². The van der Waals surface area contributed by atoms with E-state index in [1.54, 1.807) is 6.07 Å². The van der Waals surface area contributed by atoms with E-state index in [0.717, 1.165) is 31.7 Å². The lowest BCUT2D eigenvalue weighted by Crippen LogP contribution is -2.52. The highest BCUT2D eigenvalue weighted by Crippen LogP contribution is 2.41. The van der Waals surface area contributed by atoms with Gasteiger partial charge in [-0.25, -0.2) is 0 Å². The van der Waals surface area contributed by atoms with E-state index in [1.165, 1.54) is 19.3 Å². The highest BCUT2D eigenvalue weighted by atomic mass is 16.3. The average Bonchev–Trinajstić information content (AvgIpc) is 3.08. The minimum atomic E-state index is -0.555. The molecule has 0 atom stereocenters. The first-order chi connectivity index (χ1) is 11.7. The van der Waals surface area contributed by atoms with Gasteiger partial charge in [-0.3, -0.25) is 4.79 Å². The van der Waals surface area contributed by atoms with Crippen LogP contribution in [0.2, 0.25) is 0 Å². The summed E-state index contributed by atoms with van der Waals surface area (Å²) in [5.74, 6) is 1.24. The van der Waals surface area contributed by atoms with Gasteiger partial charge in [0.05, 0.1) is 5.60 Å². The fraction of sp³-hybridized carbons (Fsp3) is 0.722. The first-order valence-corrected chi connectivity index (χ1v) is 9.26. The molecule has 130 valence electrons. The number of carbonyl (C=O) groups is 1. The quantitative estimate of drug-likeness (QED) is 0.916. The number of anilines is 1. The average molecular weight is 330 g/mol. The fourth-order valence-electron chi connectivity index (χ4n) is 4.17. The van der Waals surface area contributed by atoms with Crippen molar-refractivity contribution in [2.75, 3.05) is 31.1 Å². The summed E-state index contributed by atoms with van der Waals surface area (Å²) in [6.07, 6.45) is 7.25. The van der Waals surface area contributed by atoms with Gasteiger partial charge in [0.2, 0.25) is 0 Å². The number of aromatic nitrogens is 2. The van der Waals surface area contributed by atoms with Gasteiger partial charge in [-0.05, 0) is 56.6 Å². The number of hydrogen-bond donors (Lipinski definition) is 1. The van der Waals surface area contributed by atoms with Gasteiger partial charge in [0.1, 0.15) is 0 Å². The maximum Gasteiger partial charge on any atom is 0.274 e. The van der Waals surface area contributed by atoms with Crippen molar-refractivity contribution in [1.82, 2.24) is 15.1 Å². The highest BCUT2D eigenvalue weighted by molar-refractivity contribution is 5.92. The molecule has 1 aromatic heterocycles. The van der Waals surface area contributed by atoms with Crippen LogP contribution in [0.4, 0.5) is 5.82 Å². The Morgan fingerprint density at radius 3 is 2.29 bits per heavy atom. The largest absolute Gasteiger partial charge is 0.389 e. The normalized spacial score (nSPS) is 24.0. The maximum absolute atomic E-state index is 12.6. The summed E-state index contributed by atoms with van der Waals surface area (Å²) in [5.41, 5.74) is -0.146. The minimum absolute atomic E-state index is 0.0638. The van der Waals surface area contributed by atoms with Gasteiger partial charge in [-0.2, -0.15) is 0 Å². The first kappa shape index (κ1) is 15.8. The van der Waals surface area contributed by atoms with Gasteiger partial charge in [-0.1, -0.05) is 6.42 Å². The Hall–Kier alpha value is -1.69. The van der Waals surface area contributed by atoms with Gasteiger partial charge in [-0.15, -0.1) is 10.2 Å². The van der Waals surface area contributed by atoms with Crippen LogP contribution in [0.3, 0.4) is 0 Å². The number of nitrogens with zero attached hydrogens (tertiary/aromatic N) is 4. The third kappa shape index (κ3) is 2.88. The van der Waals surface area contributed by atoms with Crippen molar-refractivity contribution >= 4 is 11.7 Å². The topological polar surface area (TPSA) is 69.6 Å². The summed E-state index contributed by atoms with van der Waals surface area (Å²) >= 11 is 0. The van der Waals surface area contributed by atoms with Crippen molar-refractivity contribution in [3.05, 3.63) is 17.8 Å². The van der Waals surface area contributed by atoms with E-state index in [4.69, 9.17) is 0 Å². The minimum Gasteiger partial charge on any atom is -0.389 e. The van der Waals surface area contributed by atoms with Crippen molar-refractivity contribution in [2.24, 2.45) is 5.92 Å². The molecular weight excluding hydrogens is 304 g/mol. The zero-order valence-electron chi connectivity index (χ0n) is 14.2. The summed E-state index contributed by atoms with van der Waals surface area (Å²) in [4.78, 5) is 16.6. The van der Waals surface area contributed by atoms with Crippen LogP contribution in [0.1, 0.15) is 55.4 Å². The van der Waals surface area contributed by atoms with Crippen LogP contribution in [-0.4, -0.2) is 57.9 Å². The number of carbonyl (C=O) groups excluding carboxylic acids is 1. The molecule has 0 aromatic carbocycles. The molecule has 3 fully saturated rings. The molecule has 0 radical (unpaired) electrons. The second-order valence-electron chi connectivity index (χ2n) is 7.49. The number of rotatable bonds is 3. The van der Waals surface area contributed by atoms with Crippen LogP contribution in [-0.2, 0) is 0 Å². The lowest BCUT2D eigenvalue weighted by molar-refractivity contribution is -0.0862. The molecule has 1 aromatic rings. The van der Waals surface area contributed by atoms with Crippen LogP contribution < -0.4 is 4.90 Å². The standard InChI is InChI=1S/C18H26N4O2/c23-17(15-6-7-16(20-19-15)21-10-1-2-11-21)22-12-8-18(24,9-13-22)14-4-3-5-14/h6-7,14,24H,1-5,8-13H2. The molecule has 1 aliphatic carbocycles. The fourth-order valence-corrected chi connectivity index (χ4v) is 4.17. The van der Waals surface area contributed by atoms with E-state index < -0.39 is 5.60 Å². The van der Waals surface area contributed by atoms with Crippen molar-refractivity contribution in [3.63, 3.8) is 0 Å². The molecule has 24 heavy (non-hydrogen) atoms. The predicted octanol–water partition coefficient (Wildman–Crippen LogP) is 1.84. The number of piperidine rings is 1. The van der Waals surface area contributed by atoms with Crippen LogP contribution in [0, 0.1) is 5.92 Å². The van der Waals surface area contributed by atoms with Crippen molar-refractivity contribution in [1.29, 1.82) is 0 Å². The number of amides is 1. The first-order valence-electron chi connectivity index (χ1n) is 9.26. The van der Waals surface area contributed by atoms with Crippen molar-refractivity contribution < 1.29 is 9.90 Å². The molecule has 0 bridgehead atoms. The Labute approximate surface area is 142 Å². The van der Waals surface area contributed by atoms with Crippen LogP contribution in [0.25, 0.3) is 0 Å². The molecule has 3 heterocycles. The molecule has 3 aliphatic rings. The maximum atomic E-state index is 12.6. The van der Waals surface area contributed by atoms with Crippen LogP contribution in [0.15, 0.2) is 12.1 Å². The smallest absolute Gasteiger partial charge is 0.274 e. The third-order valence-corrected chi connectivity index (χ3v) is 6.08. The molecule has 1 N–H and O–H groups in total. The molecule has 1 amide bonds. The van der Waals surface area contributed by atoms with E-state index >= 15 is 0 Å². The van der Waals surface area contributed by atoms with E-state index in [-0.39, 0.29) is 5.91 Å². The summed E-state index contributed by atoms with van der Waals surface area (Å²) < 4.78 is 0. The number of hydrogen-bond acceptors (Lipinski definition) is 5. The summed E-state index contributed by atoms with van der Waals surface area (Å²) in [6.45, 7) is 3.27. The van der Waals surface area contributed by atoms with Crippen LogP contribution >= 0.6 is 0 Å². The summed E-state index contributed by atoms with van der Waals surface area (Å²) in [6, 6.07) is 3.69. The molecule has 6 heteroatoms. The van der Waals surface area contributed by atoms with Gasteiger partial charge in [0, 0.05) is 26.2 Å². The lowest BCUT2D eigenvalue weighted by Gasteiger charge is -2.46. The Kier molecular flexibility index (Phi) is 4.16. The summed E-state index contributed by atoms with van der Waals surface area (Å²) in [7, 11) is 0. The van der Waals surface area contributed by atoms with Crippen molar-refractivity contribution in [3.8, 4) is 0 Å². The molecule has 2 saturated heterocycles. The Morgan fingerprint density at radius 2 is 1.75 bits per heavy atom. The second-order valence-corrected chi connectivity index (χ2v) is 7.49. The van der Waals surface area contributed by atoms with Gasteiger partial charge in [0.25, 0.3) is 5.91 Å². The highest BCUT2D eigenvalue weighted by Gasteiger charge is 2.43. The lowest BCUT2D eigenvalue weighted by atomic mass is 9.69. The molecule has 2 aliphatic heterocycles. The Balaban J connectivity index is 1.37. The van der Waals surface area contributed by atoms with E-state index in [2.05, 4.69) is 15.1 Å². The van der Waals surface area contributed by atoms with E-state index in [0.29, 0.717) is 37.5 Å². The van der Waals surface area contributed by atoms with Crippen LogP contribution in [0.5, 0.6) is 0 Å². The Morgan fingerprint density at radius 1 is 1.04 bits per heavy atom. The molecule has 0 unspecified atom stereocenters. The molecule has 0 spiro atoms. The molecule has 1 saturated carbocycles. The van der Waals surface area contributed by atoms with Gasteiger partial charge < -0.3 is 14.9 Å². The number of likely N-dealkylation sites (tertiary alicyclic amines) is 1. The number of aliphatic hydroxyl groups is 1. The second kappa shape index (κ2) is 6.31. The summed E-state index contributed by atoms with van der Waals surface area (Å²) in [5, 5.41) is 19.1. The monoisotopic (exact) mass is 330 g/mol. The molecular formula is C18H26N4O2. The van der Waals surface area contributed by atoms with E-state index in [1.807, 2.05) is 11.0 Å². The Bertz CT molecular complexity index is 586. The van der Waals surface area contributed by atoms with Gasteiger partial charge in [0.15, 0.2) is 11.5 Å².